The predicted octanol–water partition coefficient (Wildman–Crippen LogP) is 2.12. The van der Waals surface area contributed by atoms with Gasteiger partial charge in [0.15, 0.2) is 0 Å². The van der Waals surface area contributed by atoms with Crippen LogP contribution in [0.4, 0.5) is 0 Å². The standard InChI is InChI=1S/C14H21NO3/c1-10-5-6-13(18-4)12(9-10)11(14(16)17)7-8-15(2)3/h5-6,9,11H,7-8H2,1-4H3,(H,16,17). The first-order valence-corrected chi connectivity index (χ1v) is 5.97. The fourth-order valence-electron chi connectivity index (χ4n) is 1.93. The average molecular weight is 251 g/mol. The zero-order chi connectivity index (χ0) is 13.7. The quantitative estimate of drug-likeness (QED) is 0.841. The van der Waals surface area contributed by atoms with Crippen molar-refractivity contribution in [2.24, 2.45) is 0 Å². The van der Waals surface area contributed by atoms with Crippen molar-refractivity contribution in [1.82, 2.24) is 4.90 Å². The molecule has 0 aliphatic heterocycles. The summed E-state index contributed by atoms with van der Waals surface area (Å²) in [7, 11) is 5.44. The first-order valence-electron chi connectivity index (χ1n) is 5.97. The minimum absolute atomic E-state index is 0.526. The summed E-state index contributed by atoms with van der Waals surface area (Å²) in [6.07, 6.45) is 0.572. The lowest BCUT2D eigenvalue weighted by molar-refractivity contribution is -0.139. The molecule has 0 bridgehead atoms. The number of ether oxygens (including phenoxy) is 1. The van der Waals surface area contributed by atoms with E-state index in [-0.39, 0.29) is 0 Å². The highest BCUT2D eigenvalue weighted by Gasteiger charge is 2.23. The number of nitrogens with zero attached hydrogens (tertiary/aromatic N) is 1. The van der Waals surface area contributed by atoms with E-state index in [2.05, 4.69) is 0 Å². The number of methoxy groups -OCH3 is 1. The highest BCUT2D eigenvalue weighted by molar-refractivity contribution is 5.77. The third-order valence-electron chi connectivity index (χ3n) is 2.92. The zero-order valence-corrected chi connectivity index (χ0v) is 11.4. The lowest BCUT2D eigenvalue weighted by Gasteiger charge is -2.18. The van der Waals surface area contributed by atoms with E-state index in [4.69, 9.17) is 4.74 Å². The molecule has 4 heteroatoms. The molecule has 0 saturated heterocycles. The SMILES string of the molecule is COc1ccc(C)cc1C(CCN(C)C)C(=O)O. The van der Waals surface area contributed by atoms with E-state index in [0.717, 1.165) is 17.7 Å². The van der Waals surface area contributed by atoms with Crippen molar-refractivity contribution in [3.05, 3.63) is 29.3 Å². The number of carboxylic acids is 1. The van der Waals surface area contributed by atoms with E-state index in [9.17, 15) is 9.90 Å². The minimum atomic E-state index is -0.805. The van der Waals surface area contributed by atoms with E-state index >= 15 is 0 Å². The Morgan fingerprint density at radius 2 is 2.11 bits per heavy atom. The second-order valence-electron chi connectivity index (χ2n) is 4.73. The number of hydrogen-bond acceptors (Lipinski definition) is 3. The van der Waals surface area contributed by atoms with Gasteiger partial charge in [-0.05, 0) is 40.1 Å². The molecule has 1 N–H and O–H groups in total. The lowest BCUT2D eigenvalue weighted by Crippen LogP contribution is -2.20. The monoisotopic (exact) mass is 251 g/mol. The molecule has 1 aromatic carbocycles. The van der Waals surface area contributed by atoms with E-state index in [1.165, 1.54) is 0 Å². The number of benzene rings is 1. The smallest absolute Gasteiger partial charge is 0.311 e. The van der Waals surface area contributed by atoms with Gasteiger partial charge in [0, 0.05) is 5.56 Å². The summed E-state index contributed by atoms with van der Waals surface area (Å²) in [5, 5.41) is 9.38. The number of aryl methyl sites for hydroxylation is 1. The third-order valence-corrected chi connectivity index (χ3v) is 2.92. The van der Waals surface area contributed by atoms with Gasteiger partial charge in [-0.15, -0.1) is 0 Å². The molecule has 1 rings (SSSR count). The van der Waals surface area contributed by atoms with Gasteiger partial charge in [-0.1, -0.05) is 17.7 Å². The molecular weight excluding hydrogens is 230 g/mol. The Morgan fingerprint density at radius 3 is 2.61 bits per heavy atom. The van der Waals surface area contributed by atoms with Gasteiger partial charge in [0.05, 0.1) is 13.0 Å². The Kier molecular flexibility index (Phi) is 5.16. The van der Waals surface area contributed by atoms with Gasteiger partial charge in [0.25, 0.3) is 0 Å². The maximum atomic E-state index is 11.4. The highest BCUT2D eigenvalue weighted by Crippen LogP contribution is 2.30. The Morgan fingerprint density at radius 1 is 1.44 bits per heavy atom. The number of carboxylic acid groups (broad SMARTS) is 1. The molecule has 0 fully saturated rings. The molecule has 18 heavy (non-hydrogen) atoms. The molecule has 4 nitrogen and oxygen atoms in total. The average Bonchev–Trinajstić information content (AvgIpc) is 2.28. The maximum absolute atomic E-state index is 11.4. The van der Waals surface area contributed by atoms with Crippen LogP contribution >= 0.6 is 0 Å². The summed E-state index contributed by atoms with van der Waals surface area (Å²) in [6, 6.07) is 5.65. The van der Waals surface area contributed by atoms with Gasteiger partial charge >= 0.3 is 5.97 Å². The maximum Gasteiger partial charge on any atom is 0.311 e. The number of carbonyl (C=O) groups is 1. The van der Waals surface area contributed by atoms with Crippen molar-refractivity contribution in [3.8, 4) is 5.75 Å². The molecule has 100 valence electrons. The van der Waals surface area contributed by atoms with Gasteiger partial charge in [-0.3, -0.25) is 4.79 Å². The summed E-state index contributed by atoms with van der Waals surface area (Å²) in [4.78, 5) is 13.4. The van der Waals surface area contributed by atoms with Crippen molar-refractivity contribution in [2.45, 2.75) is 19.3 Å². The molecule has 0 amide bonds. The van der Waals surface area contributed by atoms with Gasteiger partial charge in [0.1, 0.15) is 5.75 Å². The van der Waals surface area contributed by atoms with Gasteiger partial charge in [-0.2, -0.15) is 0 Å². The van der Waals surface area contributed by atoms with Gasteiger partial charge in [0.2, 0.25) is 0 Å². The Labute approximate surface area is 108 Å². The van der Waals surface area contributed by atoms with Crippen LogP contribution in [0.1, 0.15) is 23.5 Å². The summed E-state index contributed by atoms with van der Waals surface area (Å²) in [5.74, 6) is -0.685. The first-order chi connectivity index (χ1) is 8.45. The molecule has 1 aromatic rings. The van der Waals surface area contributed by atoms with Gasteiger partial charge < -0.3 is 14.7 Å². The molecular formula is C14H21NO3. The second kappa shape index (κ2) is 6.40. The summed E-state index contributed by atoms with van der Waals surface area (Å²) in [6.45, 7) is 2.68. The fourth-order valence-corrected chi connectivity index (χ4v) is 1.93. The molecule has 0 spiro atoms. The number of aliphatic carboxylic acids is 1. The van der Waals surface area contributed by atoms with Crippen molar-refractivity contribution < 1.29 is 14.6 Å². The van der Waals surface area contributed by atoms with Crippen molar-refractivity contribution >= 4 is 5.97 Å². The Hall–Kier alpha value is -1.55. The molecule has 0 aliphatic carbocycles. The van der Waals surface area contributed by atoms with Crippen LogP contribution in [0.3, 0.4) is 0 Å². The molecule has 0 aliphatic rings. The molecule has 1 unspecified atom stereocenters. The van der Waals surface area contributed by atoms with Crippen LogP contribution in [-0.4, -0.2) is 43.7 Å². The summed E-state index contributed by atoms with van der Waals surface area (Å²) >= 11 is 0. The van der Waals surface area contributed by atoms with Crippen molar-refractivity contribution in [3.63, 3.8) is 0 Å². The summed E-state index contributed by atoms with van der Waals surface area (Å²) in [5.41, 5.74) is 1.80. The minimum Gasteiger partial charge on any atom is -0.496 e. The second-order valence-corrected chi connectivity index (χ2v) is 4.73. The molecule has 0 saturated carbocycles. The number of hydrogen-bond donors (Lipinski definition) is 1. The van der Waals surface area contributed by atoms with Crippen LogP contribution < -0.4 is 4.74 Å². The predicted molar refractivity (Wildman–Crippen MR) is 71.3 cm³/mol. The lowest BCUT2D eigenvalue weighted by atomic mass is 9.93. The normalized spacial score (nSPS) is 12.5. The molecule has 0 radical (unpaired) electrons. The van der Waals surface area contributed by atoms with Crippen LogP contribution in [0.25, 0.3) is 0 Å². The van der Waals surface area contributed by atoms with E-state index < -0.39 is 11.9 Å². The molecule has 0 aromatic heterocycles. The van der Waals surface area contributed by atoms with Crippen LogP contribution in [0.2, 0.25) is 0 Å². The van der Waals surface area contributed by atoms with Crippen LogP contribution in [0.15, 0.2) is 18.2 Å². The fraction of sp³-hybridized carbons (Fsp3) is 0.500. The van der Waals surface area contributed by atoms with E-state index in [0.29, 0.717) is 12.2 Å². The van der Waals surface area contributed by atoms with Crippen LogP contribution in [0.5, 0.6) is 5.75 Å². The molecule has 1 atom stereocenters. The Bertz CT molecular complexity index is 416. The number of rotatable bonds is 6. The van der Waals surface area contributed by atoms with E-state index in [1.54, 1.807) is 7.11 Å². The highest BCUT2D eigenvalue weighted by atomic mass is 16.5. The van der Waals surface area contributed by atoms with Gasteiger partial charge in [-0.25, -0.2) is 0 Å². The topological polar surface area (TPSA) is 49.8 Å². The first kappa shape index (κ1) is 14.5. The van der Waals surface area contributed by atoms with Crippen LogP contribution in [-0.2, 0) is 4.79 Å². The van der Waals surface area contributed by atoms with Crippen molar-refractivity contribution in [2.75, 3.05) is 27.7 Å². The zero-order valence-electron chi connectivity index (χ0n) is 11.4. The van der Waals surface area contributed by atoms with E-state index in [1.807, 2.05) is 44.1 Å². The molecule has 0 heterocycles. The summed E-state index contributed by atoms with van der Waals surface area (Å²) < 4.78 is 5.26. The Balaban J connectivity index is 3.04. The van der Waals surface area contributed by atoms with Crippen molar-refractivity contribution in [1.29, 1.82) is 0 Å². The van der Waals surface area contributed by atoms with Crippen LogP contribution in [0, 0.1) is 6.92 Å². The largest absolute Gasteiger partial charge is 0.496 e. The third kappa shape index (κ3) is 3.74.